The molecule has 0 radical (unpaired) electrons. The lowest BCUT2D eigenvalue weighted by atomic mass is 10.0. The second-order valence-electron chi connectivity index (χ2n) is 7.37. The maximum Gasteiger partial charge on any atom is 0.253 e. The summed E-state index contributed by atoms with van der Waals surface area (Å²) < 4.78 is 0.710. The Bertz CT molecular complexity index is 998. The number of halogens is 1. The molecule has 156 valence electrons. The first-order valence-corrected chi connectivity index (χ1v) is 10.4. The molecule has 0 saturated carbocycles. The van der Waals surface area contributed by atoms with Gasteiger partial charge in [-0.1, -0.05) is 22.9 Å². The van der Waals surface area contributed by atoms with Crippen LogP contribution in [0.3, 0.4) is 0 Å². The second kappa shape index (κ2) is 9.39. The van der Waals surface area contributed by atoms with Gasteiger partial charge in [-0.05, 0) is 63.4 Å². The van der Waals surface area contributed by atoms with Crippen LogP contribution in [0.1, 0.15) is 59.9 Å². The van der Waals surface area contributed by atoms with Crippen LogP contribution in [0, 0.1) is 20.8 Å². The minimum Gasteiger partial charge on any atom is -0.348 e. The number of nitrogens with zero attached hydrogens (tertiary/aromatic N) is 1. The summed E-state index contributed by atoms with van der Waals surface area (Å²) in [5.74, 6) is -0.370. The summed E-state index contributed by atoms with van der Waals surface area (Å²) in [4.78, 5) is 41.9. The Hall–Kier alpha value is -2.41. The number of nitrogens with one attached hydrogen (secondary N) is 2. The van der Waals surface area contributed by atoms with Crippen LogP contribution in [-0.2, 0) is 11.3 Å². The number of hydrogen-bond donors (Lipinski definition) is 2. The third-order valence-electron chi connectivity index (χ3n) is 5.14. The number of aromatic amines is 1. The van der Waals surface area contributed by atoms with Gasteiger partial charge in [-0.25, -0.2) is 0 Å². The Kier molecular flexibility index (Phi) is 7.41. The van der Waals surface area contributed by atoms with Crippen LogP contribution in [0.5, 0.6) is 0 Å². The number of anilines is 1. The van der Waals surface area contributed by atoms with Gasteiger partial charge in [-0.15, -0.1) is 0 Å². The van der Waals surface area contributed by atoms with Crippen LogP contribution in [0.15, 0.2) is 27.5 Å². The monoisotopic (exact) mass is 461 g/mol. The van der Waals surface area contributed by atoms with Crippen molar-refractivity contribution >= 4 is 33.4 Å². The van der Waals surface area contributed by atoms with E-state index in [0.717, 1.165) is 23.2 Å². The molecular formula is C22H28BrN3O3. The number of aryl methyl sites for hydroxylation is 2. The highest BCUT2D eigenvalue weighted by atomic mass is 79.9. The number of carbonyl (C=O) groups excluding carboxylic acids is 2. The quantitative estimate of drug-likeness (QED) is 0.677. The van der Waals surface area contributed by atoms with E-state index in [1.165, 1.54) is 6.92 Å². The first-order chi connectivity index (χ1) is 13.6. The van der Waals surface area contributed by atoms with Crippen molar-refractivity contribution in [3.8, 4) is 0 Å². The van der Waals surface area contributed by atoms with Gasteiger partial charge < -0.3 is 15.2 Å². The molecule has 6 nitrogen and oxygen atoms in total. The summed E-state index contributed by atoms with van der Waals surface area (Å²) in [7, 11) is 0. The van der Waals surface area contributed by atoms with Gasteiger partial charge in [-0.3, -0.25) is 14.4 Å². The average Bonchev–Trinajstić information content (AvgIpc) is 2.62. The Morgan fingerprint density at radius 2 is 1.86 bits per heavy atom. The summed E-state index contributed by atoms with van der Waals surface area (Å²) in [6, 6.07) is 5.47. The minimum atomic E-state index is -0.294. The smallest absolute Gasteiger partial charge is 0.253 e. The van der Waals surface area contributed by atoms with E-state index in [9.17, 15) is 14.4 Å². The Balaban J connectivity index is 2.38. The van der Waals surface area contributed by atoms with Crippen molar-refractivity contribution < 1.29 is 9.59 Å². The van der Waals surface area contributed by atoms with Crippen molar-refractivity contribution in [2.75, 3.05) is 4.90 Å². The van der Waals surface area contributed by atoms with E-state index in [-0.39, 0.29) is 30.0 Å². The molecule has 2 N–H and O–H groups in total. The van der Waals surface area contributed by atoms with Gasteiger partial charge in [0.2, 0.25) is 5.91 Å². The molecule has 0 aliphatic rings. The van der Waals surface area contributed by atoms with Gasteiger partial charge in [0.05, 0.1) is 0 Å². The maximum absolute atomic E-state index is 12.9. The van der Waals surface area contributed by atoms with Crippen molar-refractivity contribution in [1.29, 1.82) is 0 Å². The number of pyridine rings is 1. The number of hydrogen-bond acceptors (Lipinski definition) is 3. The van der Waals surface area contributed by atoms with Crippen LogP contribution < -0.4 is 15.8 Å². The molecule has 0 saturated heterocycles. The number of rotatable bonds is 6. The fourth-order valence-corrected chi connectivity index (χ4v) is 3.86. The van der Waals surface area contributed by atoms with Gasteiger partial charge >= 0.3 is 0 Å². The molecule has 1 unspecified atom stereocenters. The molecule has 2 aromatic rings. The lowest BCUT2D eigenvalue weighted by molar-refractivity contribution is -0.117. The second-order valence-corrected chi connectivity index (χ2v) is 8.29. The van der Waals surface area contributed by atoms with Crippen LogP contribution >= 0.6 is 15.9 Å². The Labute approximate surface area is 179 Å². The third-order valence-corrected chi connectivity index (χ3v) is 5.60. The molecular weight excluding hydrogens is 434 g/mol. The predicted octanol–water partition coefficient (Wildman–Crippen LogP) is 4.14. The standard InChI is InChI=1S/C22H28BrN3O3/c1-7-14(4)26(16(6)27)20-10-17(23)9-18(15(20)5)21(28)24-11-19-12(2)8-13(3)25-22(19)29/h8-10,14H,7,11H2,1-6H3,(H,24,28)(H,25,29). The fourth-order valence-electron chi connectivity index (χ4n) is 3.42. The topological polar surface area (TPSA) is 82.3 Å². The van der Waals surface area contributed by atoms with Crippen molar-refractivity contribution in [2.24, 2.45) is 0 Å². The highest BCUT2D eigenvalue weighted by Gasteiger charge is 2.23. The van der Waals surface area contributed by atoms with Crippen LogP contribution in [0.25, 0.3) is 0 Å². The summed E-state index contributed by atoms with van der Waals surface area (Å²) in [6.07, 6.45) is 0.794. The summed E-state index contributed by atoms with van der Waals surface area (Å²) >= 11 is 3.46. The Morgan fingerprint density at radius 1 is 1.21 bits per heavy atom. The van der Waals surface area contributed by atoms with Gasteiger partial charge in [0, 0.05) is 46.5 Å². The molecule has 1 aromatic carbocycles. The first-order valence-electron chi connectivity index (χ1n) is 9.64. The number of H-pyrrole nitrogens is 1. The van der Waals surface area contributed by atoms with Gasteiger partial charge in [0.25, 0.3) is 11.5 Å². The minimum absolute atomic E-state index is 0.00479. The maximum atomic E-state index is 12.9. The summed E-state index contributed by atoms with van der Waals surface area (Å²) in [5.41, 5.74) is 3.83. The summed E-state index contributed by atoms with van der Waals surface area (Å²) in [5, 5.41) is 2.84. The largest absolute Gasteiger partial charge is 0.348 e. The number of carbonyl (C=O) groups is 2. The molecule has 0 spiro atoms. The van der Waals surface area contributed by atoms with Crippen molar-refractivity contribution in [3.05, 3.63) is 61.0 Å². The molecule has 0 aliphatic heterocycles. The molecule has 2 amide bonds. The van der Waals surface area contributed by atoms with Crippen LogP contribution in [0.2, 0.25) is 0 Å². The molecule has 29 heavy (non-hydrogen) atoms. The highest BCUT2D eigenvalue weighted by molar-refractivity contribution is 9.10. The van der Waals surface area contributed by atoms with E-state index in [0.29, 0.717) is 21.3 Å². The molecule has 7 heteroatoms. The molecule has 2 rings (SSSR count). The van der Waals surface area contributed by atoms with E-state index in [1.54, 1.807) is 11.0 Å². The molecule has 1 aromatic heterocycles. The molecule has 0 bridgehead atoms. The van der Waals surface area contributed by atoms with Crippen LogP contribution in [0.4, 0.5) is 5.69 Å². The van der Waals surface area contributed by atoms with E-state index in [2.05, 4.69) is 26.2 Å². The van der Waals surface area contributed by atoms with Gasteiger partial charge in [0.15, 0.2) is 0 Å². The van der Waals surface area contributed by atoms with Crippen molar-refractivity contribution in [1.82, 2.24) is 10.3 Å². The highest BCUT2D eigenvalue weighted by Crippen LogP contribution is 2.30. The zero-order chi connectivity index (χ0) is 21.9. The van der Waals surface area contributed by atoms with Crippen molar-refractivity contribution in [2.45, 2.75) is 60.5 Å². The predicted molar refractivity (Wildman–Crippen MR) is 119 cm³/mol. The molecule has 0 fully saturated rings. The van der Waals surface area contributed by atoms with Crippen molar-refractivity contribution in [3.63, 3.8) is 0 Å². The van der Waals surface area contributed by atoms with E-state index in [4.69, 9.17) is 0 Å². The number of benzene rings is 1. The lowest BCUT2D eigenvalue weighted by Crippen LogP contribution is -2.37. The molecule has 0 aliphatic carbocycles. The number of aromatic nitrogens is 1. The lowest BCUT2D eigenvalue weighted by Gasteiger charge is -2.30. The Morgan fingerprint density at radius 3 is 2.41 bits per heavy atom. The SMILES string of the molecule is CCC(C)N(C(C)=O)c1cc(Br)cc(C(=O)NCc2c(C)cc(C)[nH]c2=O)c1C. The van der Waals surface area contributed by atoms with E-state index < -0.39 is 0 Å². The van der Waals surface area contributed by atoms with Crippen LogP contribution in [-0.4, -0.2) is 22.8 Å². The third kappa shape index (κ3) is 5.15. The number of amides is 2. The van der Waals surface area contributed by atoms with E-state index in [1.807, 2.05) is 46.8 Å². The first kappa shape index (κ1) is 22.9. The fraction of sp³-hybridized carbons (Fsp3) is 0.409. The molecule has 1 heterocycles. The normalized spacial score (nSPS) is 11.8. The zero-order valence-electron chi connectivity index (χ0n) is 17.8. The van der Waals surface area contributed by atoms with E-state index >= 15 is 0 Å². The van der Waals surface area contributed by atoms with Gasteiger partial charge in [0.1, 0.15) is 0 Å². The zero-order valence-corrected chi connectivity index (χ0v) is 19.4. The average molecular weight is 462 g/mol. The molecule has 1 atom stereocenters. The van der Waals surface area contributed by atoms with Gasteiger partial charge in [-0.2, -0.15) is 0 Å². The summed E-state index contributed by atoms with van der Waals surface area (Å²) in [6.45, 7) is 11.2.